The Morgan fingerprint density at radius 2 is 2.00 bits per heavy atom. The van der Waals surface area contributed by atoms with Crippen molar-refractivity contribution in [3.05, 3.63) is 48.0 Å². The van der Waals surface area contributed by atoms with Gasteiger partial charge >= 0.3 is 5.97 Å². The molecule has 2 rings (SSSR count). The van der Waals surface area contributed by atoms with Gasteiger partial charge in [-0.15, -0.1) is 0 Å². The van der Waals surface area contributed by atoms with E-state index in [1.54, 1.807) is 0 Å². The number of aliphatic hydroxyl groups excluding tert-OH is 2. The molecule has 1 aromatic rings. The second-order valence-corrected chi connectivity index (χ2v) is 7.04. The van der Waals surface area contributed by atoms with Gasteiger partial charge in [-0.1, -0.05) is 49.4 Å². The zero-order valence-corrected chi connectivity index (χ0v) is 15.0. The van der Waals surface area contributed by atoms with Gasteiger partial charge in [0.1, 0.15) is 6.61 Å². The number of allylic oxidation sites excluding steroid dienone is 2. The zero-order valence-electron chi connectivity index (χ0n) is 15.0. The van der Waals surface area contributed by atoms with E-state index in [4.69, 9.17) is 4.74 Å². The molecule has 1 fully saturated rings. The normalized spacial score (nSPS) is 26.2. The fourth-order valence-corrected chi connectivity index (χ4v) is 3.63. The Kier molecular flexibility index (Phi) is 8.16. The molecule has 1 aliphatic rings. The third kappa shape index (κ3) is 6.29. The van der Waals surface area contributed by atoms with E-state index in [-0.39, 0.29) is 30.5 Å². The van der Waals surface area contributed by atoms with Gasteiger partial charge < -0.3 is 14.9 Å². The fourth-order valence-electron chi connectivity index (χ4n) is 3.63. The number of carbonyl (C=O) groups is 1. The molecule has 138 valence electrons. The average Bonchev–Trinajstić information content (AvgIpc) is 2.89. The first kappa shape index (κ1) is 19.7. The quantitative estimate of drug-likeness (QED) is 0.408. The molecule has 2 N–H and O–H groups in total. The predicted octanol–water partition coefficient (Wildman–Crippen LogP) is 3.47. The molecule has 0 aliphatic heterocycles. The maximum Gasteiger partial charge on any atom is 0.306 e. The Morgan fingerprint density at radius 1 is 1.24 bits per heavy atom. The molecule has 1 aliphatic carbocycles. The fraction of sp³-hybridized carbons (Fsp3) is 0.571. The van der Waals surface area contributed by atoms with Gasteiger partial charge in [0.2, 0.25) is 0 Å². The SMILES string of the molecule is C[C@@H]1C[C@H](O)[C@H](C/C=C\CCCC(=O)OCc2ccccc2)[C@H]1CO. The molecule has 4 atom stereocenters. The molecular weight excluding hydrogens is 316 g/mol. The van der Waals surface area contributed by atoms with E-state index in [0.717, 1.165) is 31.2 Å². The maximum absolute atomic E-state index is 11.7. The van der Waals surface area contributed by atoms with E-state index in [0.29, 0.717) is 18.9 Å². The summed E-state index contributed by atoms with van der Waals surface area (Å²) in [6.07, 6.45) is 7.38. The summed E-state index contributed by atoms with van der Waals surface area (Å²) in [6.45, 7) is 2.56. The number of unbranched alkanes of at least 4 members (excludes halogenated alkanes) is 1. The number of ether oxygens (including phenoxy) is 1. The van der Waals surface area contributed by atoms with Crippen molar-refractivity contribution in [1.82, 2.24) is 0 Å². The highest BCUT2D eigenvalue weighted by Crippen LogP contribution is 2.38. The van der Waals surface area contributed by atoms with E-state index in [1.807, 2.05) is 30.3 Å². The Labute approximate surface area is 150 Å². The molecule has 0 saturated heterocycles. The van der Waals surface area contributed by atoms with Gasteiger partial charge in [-0.3, -0.25) is 4.79 Å². The van der Waals surface area contributed by atoms with E-state index in [9.17, 15) is 15.0 Å². The number of carbonyl (C=O) groups excluding carboxylic acids is 1. The Morgan fingerprint density at radius 3 is 2.72 bits per heavy atom. The first-order valence-electron chi connectivity index (χ1n) is 9.25. The summed E-state index contributed by atoms with van der Waals surface area (Å²) >= 11 is 0. The number of rotatable bonds is 9. The highest BCUT2D eigenvalue weighted by Gasteiger charge is 2.38. The molecule has 1 saturated carbocycles. The summed E-state index contributed by atoms with van der Waals surface area (Å²) in [7, 11) is 0. The van der Waals surface area contributed by atoms with Crippen LogP contribution in [-0.2, 0) is 16.1 Å². The van der Waals surface area contributed by atoms with Crippen LogP contribution in [0.15, 0.2) is 42.5 Å². The minimum atomic E-state index is -0.315. The van der Waals surface area contributed by atoms with Crippen molar-refractivity contribution in [2.75, 3.05) is 6.61 Å². The van der Waals surface area contributed by atoms with Crippen molar-refractivity contribution in [2.45, 2.75) is 51.7 Å². The first-order chi connectivity index (χ1) is 12.1. The average molecular weight is 346 g/mol. The third-order valence-electron chi connectivity index (χ3n) is 5.17. The molecule has 25 heavy (non-hydrogen) atoms. The number of esters is 1. The predicted molar refractivity (Wildman–Crippen MR) is 97.7 cm³/mol. The van der Waals surface area contributed by atoms with Crippen LogP contribution < -0.4 is 0 Å². The monoisotopic (exact) mass is 346 g/mol. The lowest BCUT2D eigenvalue weighted by molar-refractivity contribution is -0.145. The zero-order chi connectivity index (χ0) is 18.1. The highest BCUT2D eigenvalue weighted by molar-refractivity contribution is 5.69. The standard InChI is InChI=1S/C21H30O4/c1-16-13-20(23)18(19(16)14-22)11-7-2-3-8-12-21(24)25-15-17-9-5-4-6-10-17/h2,4-7,9-10,16,18-20,22-23H,3,8,11-15H2,1H3/b7-2-/t16-,18-,19+,20+/m1/s1. The molecule has 0 aromatic heterocycles. The second kappa shape index (κ2) is 10.4. The second-order valence-electron chi connectivity index (χ2n) is 7.04. The summed E-state index contributed by atoms with van der Waals surface area (Å²) in [5.74, 6) is 0.537. The van der Waals surface area contributed by atoms with Gasteiger partial charge in [0.15, 0.2) is 0 Å². The summed E-state index contributed by atoms with van der Waals surface area (Å²) in [4.78, 5) is 11.7. The van der Waals surface area contributed by atoms with Crippen molar-refractivity contribution < 1.29 is 19.7 Å². The molecule has 0 bridgehead atoms. The lowest BCUT2D eigenvalue weighted by atomic mass is 9.88. The Hall–Kier alpha value is -1.65. The summed E-state index contributed by atoms with van der Waals surface area (Å²) in [5, 5.41) is 19.6. The first-order valence-corrected chi connectivity index (χ1v) is 9.25. The molecule has 0 radical (unpaired) electrons. The third-order valence-corrected chi connectivity index (χ3v) is 5.17. The van der Waals surface area contributed by atoms with Crippen LogP contribution in [0.5, 0.6) is 0 Å². The molecule has 4 nitrogen and oxygen atoms in total. The van der Waals surface area contributed by atoms with Crippen molar-refractivity contribution in [3.8, 4) is 0 Å². The van der Waals surface area contributed by atoms with Crippen LogP contribution >= 0.6 is 0 Å². The van der Waals surface area contributed by atoms with Crippen molar-refractivity contribution in [2.24, 2.45) is 17.8 Å². The van der Waals surface area contributed by atoms with Crippen LogP contribution in [0, 0.1) is 17.8 Å². The minimum Gasteiger partial charge on any atom is -0.461 e. The van der Waals surface area contributed by atoms with Crippen LogP contribution in [0.3, 0.4) is 0 Å². The van der Waals surface area contributed by atoms with Crippen LogP contribution in [0.2, 0.25) is 0 Å². The summed E-state index contributed by atoms with van der Waals surface area (Å²) < 4.78 is 5.25. The lowest BCUT2D eigenvalue weighted by Crippen LogP contribution is -2.22. The Bertz CT molecular complexity index is 540. The van der Waals surface area contributed by atoms with E-state index in [2.05, 4.69) is 19.1 Å². The number of hydrogen-bond donors (Lipinski definition) is 2. The Balaban J connectivity index is 1.59. The molecule has 0 heterocycles. The topological polar surface area (TPSA) is 66.8 Å². The summed E-state index contributed by atoms with van der Waals surface area (Å²) in [6, 6.07) is 9.67. The van der Waals surface area contributed by atoms with Crippen LogP contribution in [0.25, 0.3) is 0 Å². The van der Waals surface area contributed by atoms with Gasteiger partial charge in [0.25, 0.3) is 0 Å². The number of aliphatic hydroxyl groups is 2. The van der Waals surface area contributed by atoms with Gasteiger partial charge in [-0.2, -0.15) is 0 Å². The molecule has 1 aromatic carbocycles. The molecular formula is C21H30O4. The van der Waals surface area contributed by atoms with E-state index >= 15 is 0 Å². The largest absolute Gasteiger partial charge is 0.461 e. The number of hydrogen-bond acceptors (Lipinski definition) is 4. The van der Waals surface area contributed by atoms with E-state index in [1.165, 1.54) is 0 Å². The minimum absolute atomic E-state index is 0.143. The number of benzene rings is 1. The van der Waals surface area contributed by atoms with Gasteiger partial charge in [0.05, 0.1) is 6.10 Å². The molecule has 4 heteroatoms. The van der Waals surface area contributed by atoms with Gasteiger partial charge in [-0.25, -0.2) is 0 Å². The van der Waals surface area contributed by atoms with Crippen LogP contribution in [0.1, 0.15) is 44.6 Å². The lowest BCUT2D eigenvalue weighted by Gasteiger charge is -2.20. The molecule has 0 amide bonds. The van der Waals surface area contributed by atoms with Gasteiger partial charge in [-0.05, 0) is 49.0 Å². The molecule has 0 unspecified atom stereocenters. The van der Waals surface area contributed by atoms with Crippen LogP contribution in [-0.4, -0.2) is 28.9 Å². The smallest absolute Gasteiger partial charge is 0.306 e. The van der Waals surface area contributed by atoms with Crippen molar-refractivity contribution >= 4 is 5.97 Å². The van der Waals surface area contributed by atoms with E-state index < -0.39 is 0 Å². The van der Waals surface area contributed by atoms with Gasteiger partial charge in [0, 0.05) is 13.0 Å². The summed E-state index contributed by atoms with van der Waals surface area (Å²) in [5.41, 5.74) is 0.999. The maximum atomic E-state index is 11.7. The van der Waals surface area contributed by atoms with Crippen molar-refractivity contribution in [3.63, 3.8) is 0 Å². The van der Waals surface area contributed by atoms with Crippen molar-refractivity contribution in [1.29, 1.82) is 0 Å². The van der Waals surface area contributed by atoms with Crippen LogP contribution in [0.4, 0.5) is 0 Å². The molecule has 0 spiro atoms. The highest BCUT2D eigenvalue weighted by atomic mass is 16.5.